The smallest absolute Gasteiger partial charge is 0.136 e. The molecule has 2 aromatic rings. The molecule has 162 valence electrons. The largest absolute Gasteiger partial charge is 0.317 e. The third-order valence-corrected chi connectivity index (χ3v) is 7.88. The summed E-state index contributed by atoms with van der Waals surface area (Å²) in [5, 5.41) is 4.15. The van der Waals surface area contributed by atoms with Gasteiger partial charge >= 0.3 is 0 Å². The molecule has 2 aromatic carbocycles. The van der Waals surface area contributed by atoms with Gasteiger partial charge in [-0.25, -0.2) is 8.78 Å². The zero-order valence-corrected chi connectivity index (χ0v) is 18.4. The number of nitrogens with one attached hydrogen (secondary N) is 1. The van der Waals surface area contributed by atoms with E-state index < -0.39 is 11.6 Å². The van der Waals surface area contributed by atoms with Crippen molar-refractivity contribution < 1.29 is 8.78 Å². The van der Waals surface area contributed by atoms with Crippen LogP contribution in [0.3, 0.4) is 0 Å². The Kier molecular flexibility index (Phi) is 6.57. The summed E-state index contributed by atoms with van der Waals surface area (Å²) in [5.41, 5.74) is 2.27. The summed E-state index contributed by atoms with van der Waals surface area (Å²) in [6.07, 6.45) is 11.5. The van der Waals surface area contributed by atoms with Gasteiger partial charge in [0.2, 0.25) is 0 Å². The van der Waals surface area contributed by atoms with Gasteiger partial charge < -0.3 is 5.32 Å². The first-order valence-corrected chi connectivity index (χ1v) is 11.7. The zero-order chi connectivity index (χ0) is 21.3. The number of hydrogen-bond donors (Lipinski definition) is 1. The lowest BCUT2D eigenvalue weighted by molar-refractivity contribution is 0.157. The maximum Gasteiger partial charge on any atom is 0.136 e. The molecule has 0 aromatic heterocycles. The maximum absolute atomic E-state index is 14.7. The number of fused-ring (bicyclic) bond motifs is 1. The van der Waals surface area contributed by atoms with Crippen LogP contribution in [0.2, 0.25) is 0 Å². The van der Waals surface area contributed by atoms with Gasteiger partial charge in [0.15, 0.2) is 0 Å². The molecule has 1 nitrogen and oxygen atoms in total. The molecule has 3 heteroatoms. The fraction of sp³-hybridized carbons (Fsp3) is 0.556. The van der Waals surface area contributed by atoms with Crippen molar-refractivity contribution in [1.29, 1.82) is 0 Å². The quantitative estimate of drug-likeness (QED) is 0.540. The standard InChI is InChI=1S/C27H35F2N/c1-17-4-7-22-15-23(16-25(28)26(22)27(17)29)18(2)14-19-5-8-20(9-6-19)21-10-12-24(30-3)13-11-21/h4,7,15-16,19-21,24,30H,2,5-6,8-14H2,1,3H3. The van der Waals surface area contributed by atoms with Crippen molar-refractivity contribution in [3.8, 4) is 0 Å². The molecule has 30 heavy (non-hydrogen) atoms. The third-order valence-electron chi connectivity index (χ3n) is 7.88. The van der Waals surface area contributed by atoms with Crippen molar-refractivity contribution in [3.63, 3.8) is 0 Å². The van der Waals surface area contributed by atoms with E-state index in [1.807, 2.05) is 12.1 Å². The zero-order valence-electron chi connectivity index (χ0n) is 18.4. The molecule has 2 saturated carbocycles. The third kappa shape index (κ3) is 4.46. The van der Waals surface area contributed by atoms with E-state index in [1.54, 1.807) is 13.0 Å². The van der Waals surface area contributed by atoms with E-state index in [9.17, 15) is 8.78 Å². The summed E-state index contributed by atoms with van der Waals surface area (Å²) in [4.78, 5) is 0. The van der Waals surface area contributed by atoms with Crippen LogP contribution in [0.25, 0.3) is 16.3 Å². The highest BCUT2D eigenvalue weighted by molar-refractivity contribution is 5.87. The highest BCUT2D eigenvalue weighted by atomic mass is 19.1. The Morgan fingerprint density at radius 2 is 1.60 bits per heavy atom. The summed E-state index contributed by atoms with van der Waals surface area (Å²) in [5.74, 6) is 1.49. The number of rotatable bonds is 5. The summed E-state index contributed by atoms with van der Waals surface area (Å²) >= 11 is 0. The van der Waals surface area contributed by atoms with Crippen molar-refractivity contribution in [1.82, 2.24) is 5.32 Å². The number of halogens is 2. The van der Waals surface area contributed by atoms with Crippen LogP contribution in [-0.2, 0) is 0 Å². The van der Waals surface area contributed by atoms with Gasteiger partial charge in [0.1, 0.15) is 11.6 Å². The van der Waals surface area contributed by atoms with Crippen LogP contribution in [0.15, 0.2) is 30.8 Å². The fourth-order valence-corrected chi connectivity index (χ4v) is 5.89. The molecule has 0 heterocycles. The van der Waals surface area contributed by atoms with Crippen LogP contribution in [0.4, 0.5) is 8.78 Å². The SMILES string of the molecule is C=C(CC1CCC(C2CCC(NC)CC2)CC1)c1cc(F)c2c(F)c(C)ccc2c1. The van der Waals surface area contributed by atoms with Gasteiger partial charge in [0, 0.05) is 6.04 Å². The minimum Gasteiger partial charge on any atom is -0.317 e. The van der Waals surface area contributed by atoms with Gasteiger partial charge in [0.05, 0.1) is 5.39 Å². The van der Waals surface area contributed by atoms with Gasteiger partial charge in [-0.3, -0.25) is 0 Å². The monoisotopic (exact) mass is 411 g/mol. The highest BCUT2D eigenvalue weighted by Crippen LogP contribution is 2.42. The molecular formula is C27H35F2N. The lowest BCUT2D eigenvalue weighted by Crippen LogP contribution is -2.33. The van der Waals surface area contributed by atoms with Gasteiger partial charge in [0.25, 0.3) is 0 Å². The second kappa shape index (κ2) is 9.18. The Labute approximate surface area is 179 Å². The molecule has 2 aliphatic carbocycles. The Morgan fingerprint density at radius 3 is 2.23 bits per heavy atom. The van der Waals surface area contributed by atoms with Gasteiger partial charge in [-0.05, 0) is 124 Å². The average molecular weight is 412 g/mol. The fourth-order valence-electron chi connectivity index (χ4n) is 5.89. The topological polar surface area (TPSA) is 12.0 Å². The van der Waals surface area contributed by atoms with Gasteiger partial charge in [-0.15, -0.1) is 0 Å². The van der Waals surface area contributed by atoms with Crippen molar-refractivity contribution in [3.05, 3.63) is 53.6 Å². The second-order valence-corrected chi connectivity index (χ2v) is 9.74. The average Bonchev–Trinajstić information content (AvgIpc) is 2.76. The van der Waals surface area contributed by atoms with Gasteiger partial charge in [-0.2, -0.15) is 0 Å². The Balaban J connectivity index is 1.36. The Hall–Kier alpha value is -1.74. The second-order valence-electron chi connectivity index (χ2n) is 9.74. The summed E-state index contributed by atoms with van der Waals surface area (Å²) in [6, 6.07) is 7.62. The lowest BCUT2D eigenvalue weighted by Gasteiger charge is -2.38. The van der Waals surface area contributed by atoms with Crippen LogP contribution >= 0.6 is 0 Å². The van der Waals surface area contributed by atoms with Crippen LogP contribution in [0.1, 0.15) is 68.9 Å². The summed E-state index contributed by atoms with van der Waals surface area (Å²) in [6.45, 7) is 5.94. The van der Waals surface area contributed by atoms with Crippen LogP contribution in [0.5, 0.6) is 0 Å². The Morgan fingerprint density at radius 1 is 0.967 bits per heavy atom. The van der Waals surface area contributed by atoms with Gasteiger partial charge in [-0.1, -0.05) is 18.7 Å². The first kappa shape index (κ1) is 21.5. The van der Waals surface area contributed by atoms with E-state index in [-0.39, 0.29) is 5.39 Å². The maximum atomic E-state index is 14.7. The Bertz CT molecular complexity index is 903. The van der Waals surface area contributed by atoms with Crippen LogP contribution in [0, 0.1) is 36.3 Å². The summed E-state index contributed by atoms with van der Waals surface area (Å²) < 4.78 is 29.0. The van der Waals surface area contributed by atoms with E-state index in [0.29, 0.717) is 16.9 Å². The molecular weight excluding hydrogens is 376 g/mol. The van der Waals surface area contributed by atoms with Crippen molar-refractivity contribution in [2.45, 2.75) is 70.8 Å². The molecule has 0 bridgehead atoms. The van der Waals surface area contributed by atoms with E-state index in [2.05, 4.69) is 18.9 Å². The number of hydrogen-bond acceptors (Lipinski definition) is 1. The van der Waals surface area contributed by atoms with Crippen LogP contribution in [-0.4, -0.2) is 13.1 Å². The first-order chi connectivity index (χ1) is 14.5. The first-order valence-electron chi connectivity index (χ1n) is 11.7. The van der Waals surface area contributed by atoms with E-state index in [4.69, 9.17) is 0 Å². The molecule has 0 atom stereocenters. The normalized spacial score (nSPS) is 27.3. The predicted octanol–water partition coefficient (Wildman–Crippen LogP) is 7.41. The molecule has 1 N–H and O–H groups in total. The molecule has 0 saturated heterocycles. The molecule has 0 spiro atoms. The van der Waals surface area contributed by atoms with Crippen molar-refractivity contribution in [2.75, 3.05) is 7.05 Å². The lowest BCUT2D eigenvalue weighted by atomic mass is 9.69. The van der Waals surface area contributed by atoms with E-state index >= 15 is 0 Å². The minimum absolute atomic E-state index is 0.0973. The number of benzene rings is 2. The molecule has 4 rings (SSSR count). The molecule has 0 amide bonds. The van der Waals surface area contributed by atoms with Crippen LogP contribution < -0.4 is 5.32 Å². The number of allylic oxidation sites excluding steroid dienone is 1. The van der Waals surface area contributed by atoms with E-state index in [1.165, 1.54) is 57.4 Å². The molecule has 0 aliphatic heterocycles. The minimum atomic E-state index is -0.481. The molecule has 0 unspecified atom stereocenters. The van der Waals surface area contributed by atoms with Crippen molar-refractivity contribution in [2.24, 2.45) is 17.8 Å². The molecule has 2 aliphatic rings. The van der Waals surface area contributed by atoms with Crippen molar-refractivity contribution >= 4 is 16.3 Å². The molecule has 2 fully saturated rings. The van der Waals surface area contributed by atoms with E-state index in [0.717, 1.165) is 35.4 Å². The highest BCUT2D eigenvalue weighted by Gasteiger charge is 2.30. The summed E-state index contributed by atoms with van der Waals surface area (Å²) in [7, 11) is 2.09. The molecule has 0 radical (unpaired) electrons. The predicted molar refractivity (Wildman–Crippen MR) is 123 cm³/mol. The number of aryl methyl sites for hydroxylation is 1.